The molecule has 0 amide bonds. The van der Waals surface area contributed by atoms with Gasteiger partial charge in [0, 0.05) is 22.0 Å². The molecule has 1 saturated heterocycles. The molecule has 6 heteroatoms. The van der Waals surface area contributed by atoms with Gasteiger partial charge in [-0.05, 0) is 65.1 Å². The van der Waals surface area contributed by atoms with Crippen LogP contribution in [0.4, 0.5) is 5.82 Å². The molecule has 2 aromatic heterocycles. The van der Waals surface area contributed by atoms with Gasteiger partial charge in [0.2, 0.25) is 5.28 Å². The van der Waals surface area contributed by atoms with Gasteiger partial charge in [0.15, 0.2) is 0 Å². The van der Waals surface area contributed by atoms with Gasteiger partial charge >= 0.3 is 0 Å². The van der Waals surface area contributed by atoms with E-state index in [2.05, 4.69) is 61.3 Å². The predicted molar refractivity (Wildman–Crippen MR) is 95.1 cm³/mol. The molecule has 0 spiro atoms. The molecule has 0 bridgehead atoms. The second-order valence-corrected chi connectivity index (χ2v) is 9.13. The van der Waals surface area contributed by atoms with E-state index in [0.29, 0.717) is 11.3 Å². The zero-order chi connectivity index (χ0) is 16.1. The number of nitrogens with zero attached hydrogens (tertiary/aromatic N) is 2. The molecule has 2 aromatic rings. The molecule has 0 saturated carbocycles. The van der Waals surface area contributed by atoms with Crippen LogP contribution in [0.15, 0.2) is 6.07 Å². The van der Waals surface area contributed by atoms with Crippen molar-refractivity contribution in [2.45, 2.75) is 64.6 Å². The first-order valence-electron chi connectivity index (χ1n) is 7.63. The molecule has 3 rings (SSSR count). The van der Waals surface area contributed by atoms with Crippen LogP contribution in [0.2, 0.25) is 5.28 Å². The third-order valence-electron chi connectivity index (χ3n) is 4.02. The number of halogens is 1. The summed E-state index contributed by atoms with van der Waals surface area (Å²) in [4.78, 5) is 10.9. The topological polar surface area (TPSA) is 49.8 Å². The van der Waals surface area contributed by atoms with Crippen LogP contribution in [0, 0.1) is 6.92 Å². The van der Waals surface area contributed by atoms with Crippen LogP contribution in [0.1, 0.15) is 45.4 Å². The highest BCUT2D eigenvalue weighted by Gasteiger charge is 2.37. The Labute approximate surface area is 140 Å². The predicted octanol–water partition coefficient (Wildman–Crippen LogP) is 4.37. The molecular weight excluding hydrogens is 316 g/mol. The van der Waals surface area contributed by atoms with Gasteiger partial charge in [-0.2, -0.15) is 0 Å². The molecule has 120 valence electrons. The first-order chi connectivity index (χ1) is 10.1. The molecule has 22 heavy (non-hydrogen) atoms. The van der Waals surface area contributed by atoms with Gasteiger partial charge in [-0.25, -0.2) is 9.97 Å². The fourth-order valence-corrected chi connectivity index (χ4v) is 4.84. The van der Waals surface area contributed by atoms with Crippen LogP contribution in [0.25, 0.3) is 10.2 Å². The number of fused-ring (bicyclic) bond motifs is 1. The molecule has 4 nitrogen and oxygen atoms in total. The van der Waals surface area contributed by atoms with Crippen molar-refractivity contribution in [1.82, 2.24) is 15.3 Å². The first kappa shape index (κ1) is 16.0. The van der Waals surface area contributed by atoms with Gasteiger partial charge in [-0.1, -0.05) is 0 Å². The summed E-state index contributed by atoms with van der Waals surface area (Å²) in [6, 6.07) is 2.50. The third kappa shape index (κ3) is 3.36. The maximum absolute atomic E-state index is 6.09. The van der Waals surface area contributed by atoms with Crippen LogP contribution in [0.3, 0.4) is 0 Å². The van der Waals surface area contributed by atoms with Crippen LogP contribution in [-0.2, 0) is 0 Å². The number of piperidine rings is 1. The van der Waals surface area contributed by atoms with Crippen LogP contribution >= 0.6 is 22.9 Å². The molecule has 1 aliphatic heterocycles. The molecule has 0 radical (unpaired) electrons. The average Bonchev–Trinajstić information content (AvgIpc) is 2.64. The summed E-state index contributed by atoms with van der Waals surface area (Å²) in [5, 5.41) is 8.70. The fourth-order valence-electron chi connectivity index (χ4n) is 3.74. The normalized spacial score (nSPS) is 21.2. The van der Waals surface area contributed by atoms with E-state index in [-0.39, 0.29) is 11.1 Å². The van der Waals surface area contributed by atoms with Crippen molar-refractivity contribution in [3.05, 3.63) is 16.2 Å². The van der Waals surface area contributed by atoms with Gasteiger partial charge in [0.1, 0.15) is 10.6 Å². The van der Waals surface area contributed by atoms with Crippen molar-refractivity contribution in [2.24, 2.45) is 0 Å². The lowest BCUT2D eigenvalue weighted by molar-refractivity contribution is 0.170. The minimum atomic E-state index is 0.0971. The summed E-state index contributed by atoms with van der Waals surface area (Å²) in [7, 11) is 0. The molecular formula is C16H23ClN4S. The van der Waals surface area contributed by atoms with E-state index in [0.717, 1.165) is 28.9 Å². The van der Waals surface area contributed by atoms with Gasteiger partial charge in [0.25, 0.3) is 0 Å². The zero-order valence-corrected chi connectivity index (χ0v) is 15.3. The summed E-state index contributed by atoms with van der Waals surface area (Å²) >= 11 is 7.75. The second-order valence-electron chi connectivity index (χ2n) is 7.56. The van der Waals surface area contributed by atoms with E-state index >= 15 is 0 Å². The lowest BCUT2D eigenvalue weighted by Crippen LogP contribution is -2.60. The highest BCUT2D eigenvalue weighted by molar-refractivity contribution is 7.18. The number of anilines is 1. The summed E-state index contributed by atoms with van der Waals surface area (Å²) in [5.74, 6) is 0.859. The van der Waals surface area contributed by atoms with E-state index in [9.17, 15) is 0 Å². The van der Waals surface area contributed by atoms with E-state index in [4.69, 9.17) is 11.6 Å². The quantitative estimate of drug-likeness (QED) is 0.798. The molecule has 0 atom stereocenters. The zero-order valence-electron chi connectivity index (χ0n) is 13.7. The Balaban J connectivity index is 1.92. The monoisotopic (exact) mass is 338 g/mol. The number of aryl methyl sites for hydroxylation is 1. The molecule has 1 aliphatic rings. The molecule has 1 fully saturated rings. The Morgan fingerprint density at radius 2 is 1.86 bits per heavy atom. The van der Waals surface area contributed by atoms with Crippen molar-refractivity contribution in [3.63, 3.8) is 0 Å². The molecule has 0 aromatic carbocycles. The number of hydrogen-bond acceptors (Lipinski definition) is 5. The average molecular weight is 339 g/mol. The molecule has 3 heterocycles. The minimum absolute atomic E-state index is 0.0971. The van der Waals surface area contributed by atoms with Crippen LogP contribution < -0.4 is 10.6 Å². The Morgan fingerprint density at radius 3 is 2.50 bits per heavy atom. The van der Waals surface area contributed by atoms with Crippen LogP contribution in [0.5, 0.6) is 0 Å². The first-order valence-corrected chi connectivity index (χ1v) is 8.83. The van der Waals surface area contributed by atoms with Crippen molar-refractivity contribution < 1.29 is 0 Å². The number of rotatable bonds is 2. The Bertz CT molecular complexity index is 691. The number of nitrogens with one attached hydrogen (secondary N) is 2. The largest absolute Gasteiger partial charge is 0.367 e. The van der Waals surface area contributed by atoms with E-state index in [1.807, 2.05) is 0 Å². The molecule has 0 aliphatic carbocycles. The van der Waals surface area contributed by atoms with Crippen molar-refractivity contribution in [1.29, 1.82) is 0 Å². The van der Waals surface area contributed by atoms with Crippen molar-refractivity contribution in [3.8, 4) is 0 Å². The number of aromatic nitrogens is 2. The van der Waals surface area contributed by atoms with E-state index < -0.39 is 0 Å². The van der Waals surface area contributed by atoms with Crippen LogP contribution in [-0.4, -0.2) is 27.1 Å². The fraction of sp³-hybridized carbons (Fsp3) is 0.625. The number of hydrogen-bond donors (Lipinski definition) is 2. The Morgan fingerprint density at radius 1 is 1.23 bits per heavy atom. The molecule has 2 N–H and O–H groups in total. The highest BCUT2D eigenvalue weighted by atomic mass is 35.5. The summed E-state index contributed by atoms with van der Waals surface area (Å²) in [5.41, 5.74) is 0.194. The Hall–Kier alpha value is -0.910. The highest BCUT2D eigenvalue weighted by Crippen LogP contribution is 2.34. The van der Waals surface area contributed by atoms with E-state index in [1.165, 1.54) is 4.88 Å². The SMILES string of the molecule is Cc1cc2c(NC3CC(C)(C)NC(C)(C)C3)nc(Cl)nc2s1. The standard InChI is InChI=1S/C16H23ClN4S/c1-9-6-11-12(19-14(17)20-13(11)22-9)18-10-7-15(2,3)21-16(4,5)8-10/h6,10,21H,7-8H2,1-5H3,(H,18,19,20). The smallest absolute Gasteiger partial charge is 0.225 e. The lowest BCUT2D eigenvalue weighted by Gasteiger charge is -2.46. The summed E-state index contributed by atoms with van der Waals surface area (Å²) in [6.07, 6.45) is 2.09. The van der Waals surface area contributed by atoms with Crippen molar-refractivity contribution in [2.75, 3.05) is 5.32 Å². The lowest BCUT2D eigenvalue weighted by atomic mass is 9.79. The summed E-state index contributed by atoms with van der Waals surface area (Å²) in [6.45, 7) is 11.1. The second kappa shape index (κ2) is 5.32. The summed E-state index contributed by atoms with van der Waals surface area (Å²) < 4.78 is 0. The molecule has 0 unspecified atom stereocenters. The number of thiophene rings is 1. The Kier molecular flexibility index (Phi) is 3.86. The van der Waals surface area contributed by atoms with Gasteiger partial charge < -0.3 is 10.6 Å². The maximum Gasteiger partial charge on any atom is 0.225 e. The third-order valence-corrected chi connectivity index (χ3v) is 5.13. The minimum Gasteiger partial charge on any atom is -0.367 e. The van der Waals surface area contributed by atoms with Gasteiger partial charge in [0.05, 0.1) is 5.39 Å². The maximum atomic E-state index is 6.09. The van der Waals surface area contributed by atoms with Crippen molar-refractivity contribution >= 4 is 39.0 Å². The van der Waals surface area contributed by atoms with E-state index in [1.54, 1.807) is 11.3 Å². The van der Waals surface area contributed by atoms with Gasteiger partial charge in [-0.3, -0.25) is 0 Å². The van der Waals surface area contributed by atoms with Gasteiger partial charge in [-0.15, -0.1) is 11.3 Å².